The van der Waals surface area contributed by atoms with Gasteiger partial charge in [0.05, 0.1) is 11.0 Å². The highest BCUT2D eigenvalue weighted by atomic mass is 32.2. The van der Waals surface area contributed by atoms with Crippen LogP contribution in [0.25, 0.3) is 5.41 Å². The molecule has 0 fully saturated rings. The second kappa shape index (κ2) is 2.98. The first-order chi connectivity index (χ1) is 7.93. The average molecular weight is 223 g/mol. The second-order valence-corrected chi connectivity index (χ2v) is 4.95. The Balaban J connectivity index is 2.31. The Morgan fingerprint density at radius 1 is 1.00 bits per heavy atom. The number of nitrogens with zero attached hydrogens (tertiary/aromatic N) is 1. The number of rotatable bonds is 0. The molecule has 0 saturated heterocycles. The number of para-hydroxylation sites is 1. The van der Waals surface area contributed by atoms with E-state index in [0.717, 1.165) is 11.1 Å². The van der Waals surface area contributed by atoms with E-state index in [4.69, 9.17) is 4.99 Å². The minimum atomic E-state index is 1.07. The maximum atomic E-state index is 4.75. The summed E-state index contributed by atoms with van der Waals surface area (Å²) in [5.41, 5.74) is 2.60. The van der Waals surface area contributed by atoms with Crippen molar-refractivity contribution in [2.24, 2.45) is 4.99 Å². The summed E-state index contributed by atoms with van der Waals surface area (Å²) in [6, 6.07) is 12.8. The van der Waals surface area contributed by atoms with Crippen LogP contribution in [0.15, 0.2) is 41.4 Å². The Labute approximate surface area is 96.8 Å². The number of fused-ring (bicyclic) bond motifs is 4. The predicted molar refractivity (Wildman–Crippen MR) is 66.8 cm³/mol. The van der Waals surface area contributed by atoms with Gasteiger partial charge in [-0.15, -0.1) is 11.8 Å². The first-order valence-electron chi connectivity index (χ1n) is 5.35. The third kappa shape index (κ3) is 1.000. The molecule has 2 aliphatic heterocycles. The zero-order valence-electron chi connectivity index (χ0n) is 8.60. The van der Waals surface area contributed by atoms with Crippen molar-refractivity contribution < 1.29 is 0 Å². The maximum Gasteiger partial charge on any atom is 0.0762 e. The van der Waals surface area contributed by atoms with Gasteiger partial charge in [0.25, 0.3) is 0 Å². The summed E-state index contributed by atoms with van der Waals surface area (Å²) in [7, 11) is 0. The van der Waals surface area contributed by atoms with Gasteiger partial charge in [-0.2, -0.15) is 0 Å². The minimum Gasteiger partial charge on any atom is -0.247 e. The summed E-state index contributed by atoms with van der Waals surface area (Å²) in [6.07, 6.45) is 0. The molecule has 2 aliphatic rings. The van der Waals surface area contributed by atoms with Crippen LogP contribution < -0.4 is 10.6 Å². The first kappa shape index (κ1) is 8.59. The predicted octanol–water partition coefficient (Wildman–Crippen LogP) is 2.22. The van der Waals surface area contributed by atoms with Crippen LogP contribution in [-0.2, 0) is 5.75 Å². The van der Waals surface area contributed by atoms with Gasteiger partial charge in [-0.1, -0.05) is 30.3 Å². The van der Waals surface area contributed by atoms with E-state index in [9.17, 15) is 0 Å². The highest BCUT2D eigenvalue weighted by Crippen LogP contribution is 2.28. The fourth-order valence-corrected chi connectivity index (χ4v) is 3.35. The van der Waals surface area contributed by atoms with E-state index in [2.05, 4.69) is 41.8 Å². The van der Waals surface area contributed by atoms with Gasteiger partial charge in [-0.05, 0) is 22.3 Å². The van der Waals surface area contributed by atoms with E-state index in [1.165, 1.54) is 26.9 Å². The van der Waals surface area contributed by atoms with Gasteiger partial charge in [-0.3, -0.25) is 0 Å². The number of thioether (sulfide) groups is 1. The standard InChI is InChI=1S/C14H9NS/c1-2-4-13-10(3-1)11-6-5-9-7-16-8-12(9)14(11)15-13/h1-7H,8H2. The Bertz CT molecular complexity index is 806. The van der Waals surface area contributed by atoms with Crippen molar-refractivity contribution in [2.75, 3.05) is 0 Å². The quantitative estimate of drug-likeness (QED) is 0.569. The van der Waals surface area contributed by atoms with Crippen molar-refractivity contribution >= 4 is 22.9 Å². The maximum absolute atomic E-state index is 4.75. The molecule has 0 bridgehead atoms. The molecule has 76 valence electrons. The monoisotopic (exact) mass is 223 g/mol. The fourth-order valence-electron chi connectivity index (χ4n) is 2.39. The molecule has 2 heterocycles. The second-order valence-electron chi connectivity index (χ2n) is 4.09. The lowest BCUT2D eigenvalue weighted by atomic mass is 10.1. The van der Waals surface area contributed by atoms with Crippen LogP contribution in [0.1, 0.15) is 5.56 Å². The highest BCUT2D eigenvalue weighted by Gasteiger charge is 2.12. The van der Waals surface area contributed by atoms with Gasteiger partial charge >= 0.3 is 0 Å². The molecule has 0 saturated carbocycles. The molecule has 2 heteroatoms. The fraction of sp³-hybridized carbons (Fsp3) is 0.0714. The van der Waals surface area contributed by atoms with Crippen LogP contribution in [0.4, 0.5) is 5.69 Å². The molecule has 2 aromatic carbocycles. The Hall–Kier alpha value is -1.54. The van der Waals surface area contributed by atoms with Crippen molar-refractivity contribution in [1.29, 1.82) is 0 Å². The lowest BCUT2D eigenvalue weighted by Crippen LogP contribution is -2.02. The molecule has 16 heavy (non-hydrogen) atoms. The average Bonchev–Trinajstić information content (AvgIpc) is 2.92. The molecule has 2 aromatic rings. The largest absolute Gasteiger partial charge is 0.247 e. The van der Waals surface area contributed by atoms with E-state index >= 15 is 0 Å². The van der Waals surface area contributed by atoms with Gasteiger partial charge < -0.3 is 0 Å². The van der Waals surface area contributed by atoms with Crippen LogP contribution in [0, 0.1) is 10.4 Å². The number of benzene rings is 2. The van der Waals surface area contributed by atoms with Crippen molar-refractivity contribution in [3.63, 3.8) is 0 Å². The van der Waals surface area contributed by atoms with Crippen molar-refractivity contribution in [2.45, 2.75) is 5.75 Å². The van der Waals surface area contributed by atoms with Crippen molar-refractivity contribution in [3.8, 4) is 0 Å². The molecule has 0 spiro atoms. The molecule has 1 nitrogen and oxygen atoms in total. The van der Waals surface area contributed by atoms with Gasteiger partial charge in [0.1, 0.15) is 0 Å². The third-order valence-corrected chi connectivity index (χ3v) is 4.06. The topological polar surface area (TPSA) is 12.4 Å². The minimum absolute atomic E-state index is 1.07. The molecule has 0 N–H and O–H groups in total. The van der Waals surface area contributed by atoms with Crippen LogP contribution in [0.5, 0.6) is 0 Å². The number of hydrogen-bond acceptors (Lipinski definition) is 2. The van der Waals surface area contributed by atoms with Crippen molar-refractivity contribution in [3.05, 3.63) is 63.0 Å². The molecular formula is C14H9NS. The molecule has 0 aromatic heterocycles. The van der Waals surface area contributed by atoms with Crippen LogP contribution in [0.3, 0.4) is 0 Å². The molecule has 0 radical (unpaired) electrons. The molecule has 0 aliphatic carbocycles. The smallest absolute Gasteiger partial charge is 0.0762 e. The van der Waals surface area contributed by atoms with Gasteiger partial charge in [0.15, 0.2) is 0 Å². The highest BCUT2D eigenvalue weighted by molar-refractivity contribution is 8.06. The third-order valence-electron chi connectivity index (χ3n) is 3.18. The summed E-state index contributed by atoms with van der Waals surface area (Å²) >= 11 is 1.86. The van der Waals surface area contributed by atoms with Crippen LogP contribution in [0.2, 0.25) is 0 Å². The zero-order chi connectivity index (χ0) is 10.5. The normalized spacial score (nSPS) is 14.8. The van der Waals surface area contributed by atoms with Crippen LogP contribution >= 0.6 is 11.8 Å². The van der Waals surface area contributed by atoms with Gasteiger partial charge in [-0.25, -0.2) is 4.99 Å². The van der Waals surface area contributed by atoms with E-state index in [1.54, 1.807) is 0 Å². The van der Waals surface area contributed by atoms with Gasteiger partial charge in [0, 0.05) is 16.2 Å². The van der Waals surface area contributed by atoms with Crippen LogP contribution in [-0.4, -0.2) is 0 Å². The molecule has 4 rings (SSSR count). The zero-order valence-corrected chi connectivity index (χ0v) is 9.42. The lowest BCUT2D eigenvalue weighted by molar-refractivity contribution is 1.30. The van der Waals surface area contributed by atoms with E-state index in [0.29, 0.717) is 0 Å². The van der Waals surface area contributed by atoms with E-state index in [1.807, 2.05) is 11.8 Å². The molecule has 0 unspecified atom stereocenters. The van der Waals surface area contributed by atoms with E-state index in [-0.39, 0.29) is 0 Å². The van der Waals surface area contributed by atoms with Crippen molar-refractivity contribution in [1.82, 2.24) is 0 Å². The molecule has 0 atom stereocenters. The Kier molecular flexibility index (Phi) is 1.60. The first-order valence-corrected chi connectivity index (χ1v) is 6.40. The lowest BCUT2D eigenvalue weighted by Gasteiger charge is -1.98. The summed E-state index contributed by atoms with van der Waals surface area (Å²) in [5.74, 6) is 1.07. The number of hydrogen-bond donors (Lipinski definition) is 0. The summed E-state index contributed by atoms with van der Waals surface area (Å²) < 4.78 is 0. The molecule has 0 amide bonds. The summed E-state index contributed by atoms with van der Waals surface area (Å²) in [6.45, 7) is 0. The van der Waals surface area contributed by atoms with Gasteiger partial charge in [0.2, 0.25) is 0 Å². The summed E-state index contributed by atoms with van der Waals surface area (Å²) in [4.78, 5) is 4.75. The molecular weight excluding hydrogens is 214 g/mol. The van der Waals surface area contributed by atoms with E-state index < -0.39 is 0 Å². The SMILES string of the molecule is C1=c2ccc3c(c2CS1)N=c1ccccc1=3. The summed E-state index contributed by atoms with van der Waals surface area (Å²) in [5, 5.41) is 7.26. The Morgan fingerprint density at radius 3 is 2.94 bits per heavy atom. The Morgan fingerprint density at radius 2 is 1.94 bits per heavy atom.